The van der Waals surface area contributed by atoms with Crippen molar-refractivity contribution in [3.63, 3.8) is 0 Å². The molecular formula is C12H11BrFN. The summed E-state index contributed by atoms with van der Waals surface area (Å²) in [5.74, 6) is -0.159. The first kappa shape index (κ1) is 10.4. The van der Waals surface area contributed by atoms with Gasteiger partial charge in [-0.15, -0.1) is 0 Å². The van der Waals surface area contributed by atoms with Crippen molar-refractivity contribution in [3.8, 4) is 11.1 Å². The van der Waals surface area contributed by atoms with Crippen molar-refractivity contribution in [1.82, 2.24) is 4.57 Å². The number of hydrogen-bond acceptors (Lipinski definition) is 0. The van der Waals surface area contributed by atoms with E-state index in [4.69, 9.17) is 0 Å². The van der Waals surface area contributed by atoms with Gasteiger partial charge in [0.2, 0.25) is 0 Å². The van der Waals surface area contributed by atoms with Crippen molar-refractivity contribution in [2.45, 2.75) is 5.33 Å². The quantitative estimate of drug-likeness (QED) is 0.731. The van der Waals surface area contributed by atoms with E-state index in [1.165, 1.54) is 0 Å². The van der Waals surface area contributed by atoms with Crippen LogP contribution in [0.2, 0.25) is 0 Å². The van der Waals surface area contributed by atoms with E-state index in [0.29, 0.717) is 10.9 Å². The molecule has 0 fully saturated rings. The molecule has 1 aromatic carbocycles. The number of rotatable bonds is 2. The van der Waals surface area contributed by atoms with Crippen LogP contribution in [0.15, 0.2) is 36.7 Å². The number of nitrogens with zero attached hydrogens (tertiary/aromatic N) is 1. The third-order valence-corrected chi connectivity index (χ3v) is 2.97. The molecule has 0 spiro atoms. The maximum atomic E-state index is 13.5. The third-order valence-electron chi connectivity index (χ3n) is 2.36. The first-order valence-corrected chi connectivity index (χ1v) is 5.79. The van der Waals surface area contributed by atoms with E-state index in [1.54, 1.807) is 6.07 Å². The summed E-state index contributed by atoms with van der Waals surface area (Å²) in [6, 6.07) is 7.30. The van der Waals surface area contributed by atoms with Crippen molar-refractivity contribution in [2.75, 3.05) is 0 Å². The molecule has 0 aliphatic heterocycles. The van der Waals surface area contributed by atoms with E-state index >= 15 is 0 Å². The molecule has 0 saturated heterocycles. The van der Waals surface area contributed by atoms with Crippen molar-refractivity contribution >= 4 is 15.9 Å². The predicted octanol–water partition coefficient (Wildman–Crippen LogP) is 3.73. The number of alkyl halides is 1. The van der Waals surface area contributed by atoms with E-state index in [1.807, 2.05) is 42.2 Å². The van der Waals surface area contributed by atoms with Crippen molar-refractivity contribution in [3.05, 3.63) is 48.0 Å². The summed E-state index contributed by atoms with van der Waals surface area (Å²) in [4.78, 5) is 0. The lowest BCUT2D eigenvalue weighted by Crippen LogP contribution is -1.86. The number of hydrogen-bond donors (Lipinski definition) is 0. The van der Waals surface area contributed by atoms with Crippen LogP contribution >= 0.6 is 15.9 Å². The summed E-state index contributed by atoms with van der Waals surface area (Å²) < 4.78 is 15.5. The zero-order chi connectivity index (χ0) is 10.8. The van der Waals surface area contributed by atoms with E-state index in [9.17, 15) is 4.39 Å². The summed E-state index contributed by atoms with van der Waals surface area (Å²) in [6.07, 6.45) is 3.92. The molecule has 15 heavy (non-hydrogen) atoms. The minimum atomic E-state index is -0.159. The van der Waals surface area contributed by atoms with Crippen LogP contribution in [0.5, 0.6) is 0 Å². The Hall–Kier alpha value is -1.09. The molecule has 0 unspecified atom stereocenters. The molecule has 0 bridgehead atoms. The van der Waals surface area contributed by atoms with Crippen molar-refractivity contribution < 1.29 is 4.39 Å². The maximum Gasteiger partial charge on any atom is 0.127 e. The summed E-state index contributed by atoms with van der Waals surface area (Å²) in [5.41, 5.74) is 2.64. The minimum absolute atomic E-state index is 0.159. The summed E-state index contributed by atoms with van der Waals surface area (Å²) in [6.45, 7) is 0. The highest BCUT2D eigenvalue weighted by atomic mass is 79.9. The maximum absolute atomic E-state index is 13.5. The Kier molecular flexibility index (Phi) is 2.91. The van der Waals surface area contributed by atoms with E-state index < -0.39 is 0 Å². The minimum Gasteiger partial charge on any atom is -0.357 e. The lowest BCUT2D eigenvalue weighted by atomic mass is 10.1. The van der Waals surface area contributed by atoms with Gasteiger partial charge in [-0.25, -0.2) is 4.39 Å². The molecule has 0 saturated carbocycles. The molecule has 78 valence electrons. The van der Waals surface area contributed by atoms with Crippen LogP contribution in [0.3, 0.4) is 0 Å². The second kappa shape index (κ2) is 4.19. The molecular weight excluding hydrogens is 257 g/mol. The summed E-state index contributed by atoms with van der Waals surface area (Å²) in [7, 11) is 1.95. The van der Waals surface area contributed by atoms with Crippen LogP contribution < -0.4 is 0 Å². The van der Waals surface area contributed by atoms with E-state index in [2.05, 4.69) is 15.9 Å². The normalized spacial score (nSPS) is 10.6. The molecule has 3 heteroatoms. The largest absolute Gasteiger partial charge is 0.357 e. The van der Waals surface area contributed by atoms with E-state index in [-0.39, 0.29) is 5.82 Å². The lowest BCUT2D eigenvalue weighted by Gasteiger charge is -2.02. The monoisotopic (exact) mass is 267 g/mol. The van der Waals surface area contributed by atoms with Crippen LogP contribution in [-0.4, -0.2) is 4.57 Å². The number of aromatic nitrogens is 1. The van der Waals surface area contributed by atoms with Gasteiger partial charge in [-0.3, -0.25) is 0 Å². The Morgan fingerprint density at radius 1 is 1.27 bits per heavy atom. The second-order valence-corrected chi connectivity index (χ2v) is 4.07. The van der Waals surface area contributed by atoms with E-state index in [0.717, 1.165) is 11.1 Å². The van der Waals surface area contributed by atoms with Gasteiger partial charge in [0.05, 0.1) is 0 Å². The average molecular weight is 268 g/mol. The van der Waals surface area contributed by atoms with Gasteiger partial charge in [-0.1, -0.05) is 28.1 Å². The smallest absolute Gasteiger partial charge is 0.127 e. The fourth-order valence-corrected chi connectivity index (χ4v) is 1.96. The molecule has 2 aromatic rings. The van der Waals surface area contributed by atoms with Crippen LogP contribution in [0.25, 0.3) is 11.1 Å². The fraction of sp³-hybridized carbons (Fsp3) is 0.167. The molecule has 0 N–H and O–H groups in total. The molecule has 0 amide bonds. The van der Waals surface area contributed by atoms with Gasteiger partial charge in [-0.2, -0.15) is 0 Å². The molecule has 0 aliphatic rings. The lowest BCUT2D eigenvalue weighted by molar-refractivity contribution is 0.618. The number of aryl methyl sites for hydroxylation is 1. The molecule has 0 aliphatic carbocycles. The van der Waals surface area contributed by atoms with Gasteiger partial charge in [0.15, 0.2) is 0 Å². The Bertz CT molecular complexity index is 476. The van der Waals surface area contributed by atoms with Gasteiger partial charge >= 0.3 is 0 Å². The Labute approximate surface area is 96.7 Å². The van der Waals surface area contributed by atoms with Crippen LogP contribution in [0.4, 0.5) is 4.39 Å². The first-order chi connectivity index (χ1) is 7.20. The molecule has 0 radical (unpaired) electrons. The number of halogens is 2. The van der Waals surface area contributed by atoms with Crippen molar-refractivity contribution in [2.24, 2.45) is 7.05 Å². The summed E-state index contributed by atoms with van der Waals surface area (Å²) in [5, 5.41) is 0.550. The Morgan fingerprint density at radius 3 is 2.60 bits per heavy atom. The average Bonchev–Trinajstić information content (AvgIpc) is 2.65. The number of benzene rings is 1. The van der Waals surface area contributed by atoms with Crippen molar-refractivity contribution in [1.29, 1.82) is 0 Å². The topological polar surface area (TPSA) is 4.93 Å². The Morgan fingerprint density at radius 2 is 2.07 bits per heavy atom. The van der Waals surface area contributed by atoms with Gasteiger partial charge < -0.3 is 4.57 Å². The summed E-state index contributed by atoms with van der Waals surface area (Å²) >= 11 is 3.25. The van der Waals surface area contributed by atoms with Crippen LogP contribution in [0.1, 0.15) is 5.56 Å². The second-order valence-electron chi connectivity index (χ2n) is 3.51. The van der Waals surface area contributed by atoms with Gasteiger partial charge in [-0.05, 0) is 28.8 Å². The zero-order valence-corrected chi connectivity index (χ0v) is 9.96. The third kappa shape index (κ3) is 2.12. The van der Waals surface area contributed by atoms with Gasteiger partial charge in [0.1, 0.15) is 5.82 Å². The molecule has 1 heterocycles. The standard InChI is InChI=1S/C12H11BrFN/c1-15-5-4-11(8-15)9-2-3-10(7-13)12(14)6-9/h2-6,8H,7H2,1H3. The predicted molar refractivity (Wildman–Crippen MR) is 63.4 cm³/mol. The Balaban J connectivity index is 2.42. The molecule has 0 atom stereocenters. The van der Waals surface area contributed by atoms with Gasteiger partial charge in [0.25, 0.3) is 0 Å². The molecule has 1 nitrogen and oxygen atoms in total. The fourth-order valence-electron chi connectivity index (χ4n) is 1.51. The SMILES string of the molecule is Cn1ccc(-c2ccc(CBr)c(F)c2)c1. The highest BCUT2D eigenvalue weighted by Gasteiger charge is 2.04. The molecule has 1 aromatic heterocycles. The van der Waals surface area contributed by atoms with Gasteiger partial charge in [0, 0.05) is 24.8 Å². The first-order valence-electron chi connectivity index (χ1n) is 4.67. The van der Waals surface area contributed by atoms with Crippen LogP contribution in [0, 0.1) is 5.82 Å². The highest BCUT2D eigenvalue weighted by Crippen LogP contribution is 2.22. The zero-order valence-electron chi connectivity index (χ0n) is 8.37. The highest BCUT2D eigenvalue weighted by molar-refractivity contribution is 9.08. The molecule has 2 rings (SSSR count). The van der Waals surface area contributed by atoms with Crippen LogP contribution in [-0.2, 0) is 12.4 Å².